The maximum Gasteiger partial charge on any atom is 0.0658 e. The molecule has 2 atom stereocenters. The van der Waals surface area contributed by atoms with Crippen LogP contribution in [0.3, 0.4) is 0 Å². The second kappa shape index (κ2) is 4.58. The third-order valence-electron chi connectivity index (χ3n) is 3.97. The van der Waals surface area contributed by atoms with E-state index in [2.05, 4.69) is 43.5 Å². The Bertz CT molecular complexity index is 356. The van der Waals surface area contributed by atoms with Crippen molar-refractivity contribution in [1.29, 1.82) is 0 Å². The third-order valence-corrected chi connectivity index (χ3v) is 3.97. The van der Waals surface area contributed by atoms with E-state index in [1.54, 1.807) is 0 Å². The SMILES string of the molecule is CCC(C)C(C)c1cc2n(n1)CCN(C)C2. The van der Waals surface area contributed by atoms with Gasteiger partial charge in [-0.1, -0.05) is 27.2 Å². The second-order valence-corrected chi connectivity index (χ2v) is 5.20. The molecule has 0 amide bonds. The van der Waals surface area contributed by atoms with E-state index >= 15 is 0 Å². The van der Waals surface area contributed by atoms with Crippen LogP contribution >= 0.6 is 0 Å². The highest BCUT2D eigenvalue weighted by Crippen LogP contribution is 2.26. The highest BCUT2D eigenvalue weighted by atomic mass is 15.3. The van der Waals surface area contributed by atoms with Crippen LogP contribution in [0.15, 0.2) is 6.07 Å². The lowest BCUT2D eigenvalue weighted by molar-refractivity contribution is 0.258. The van der Waals surface area contributed by atoms with E-state index in [9.17, 15) is 0 Å². The number of fused-ring (bicyclic) bond motifs is 1. The first-order valence-electron chi connectivity index (χ1n) is 6.37. The minimum atomic E-state index is 0.577. The highest BCUT2D eigenvalue weighted by molar-refractivity contribution is 5.15. The normalized spacial score (nSPS) is 20.5. The fourth-order valence-corrected chi connectivity index (χ4v) is 2.29. The number of likely N-dealkylation sites (N-methyl/N-ethyl adjacent to an activating group) is 1. The Labute approximate surface area is 98.4 Å². The summed E-state index contributed by atoms with van der Waals surface area (Å²) < 4.78 is 2.19. The maximum absolute atomic E-state index is 4.74. The van der Waals surface area contributed by atoms with Crippen LogP contribution in [0.5, 0.6) is 0 Å². The van der Waals surface area contributed by atoms with Gasteiger partial charge in [-0.15, -0.1) is 0 Å². The molecular weight excluding hydrogens is 198 g/mol. The average molecular weight is 221 g/mol. The average Bonchev–Trinajstić information content (AvgIpc) is 2.69. The Morgan fingerprint density at radius 1 is 1.38 bits per heavy atom. The lowest BCUT2D eigenvalue weighted by Gasteiger charge is -2.22. The fraction of sp³-hybridized carbons (Fsp3) is 0.769. The summed E-state index contributed by atoms with van der Waals surface area (Å²) in [5.41, 5.74) is 2.65. The van der Waals surface area contributed by atoms with Crippen LogP contribution in [0.4, 0.5) is 0 Å². The summed E-state index contributed by atoms with van der Waals surface area (Å²) >= 11 is 0. The van der Waals surface area contributed by atoms with Crippen LogP contribution in [-0.4, -0.2) is 28.3 Å². The molecule has 0 aromatic carbocycles. The summed E-state index contributed by atoms with van der Waals surface area (Å²) in [5, 5.41) is 4.74. The fourth-order valence-electron chi connectivity index (χ4n) is 2.29. The van der Waals surface area contributed by atoms with Gasteiger partial charge in [0.05, 0.1) is 17.9 Å². The van der Waals surface area contributed by atoms with Crippen molar-refractivity contribution in [1.82, 2.24) is 14.7 Å². The van der Waals surface area contributed by atoms with Gasteiger partial charge in [0.1, 0.15) is 0 Å². The van der Waals surface area contributed by atoms with Gasteiger partial charge in [0.15, 0.2) is 0 Å². The first-order valence-corrected chi connectivity index (χ1v) is 6.37. The van der Waals surface area contributed by atoms with Gasteiger partial charge in [-0.2, -0.15) is 5.10 Å². The lowest BCUT2D eigenvalue weighted by Crippen LogP contribution is -2.30. The van der Waals surface area contributed by atoms with Gasteiger partial charge in [0.25, 0.3) is 0 Å². The lowest BCUT2D eigenvalue weighted by atomic mass is 9.91. The predicted octanol–water partition coefficient (Wildman–Crippen LogP) is 2.48. The number of nitrogens with zero attached hydrogens (tertiary/aromatic N) is 3. The molecule has 0 fully saturated rings. The van der Waals surface area contributed by atoms with Gasteiger partial charge in [0, 0.05) is 19.0 Å². The monoisotopic (exact) mass is 221 g/mol. The molecule has 2 heterocycles. The van der Waals surface area contributed by atoms with Crippen LogP contribution in [-0.2, 0) is 13.1 Å². The molecule has 1 aliphatic rings. The zero-order valence-electron chi connectivity index (χ0n) is 10.9. The molecule has 16 heavy (non-hydrogen) atoms. The smallest absolute Gasteiger partial charge is 0.0658 e. The molecule has 0 saturated carbocycles. The standard InChI is InChI=1S/C13H23N3/c1-5-10(2)11(3)13-8-12-9-15(4)6-7-16(12)14-13/h8,10-11H,5-7,9H2,1-4H3. The van der Waals surface area contributed by atoms with Crippen LogP contribution in [0, 0.1) is 5.92 Å². The predicted molar refractivity (Wildman–Crippen MR) is 66.4 cm³/mol. The zero-order valence-corrected chi connectivity index (χ0v) is 10.9. The Morgan fingerprint density at radius 3 is 2.81 bits per heavy atom. The molecule has 0 radical (unpaired) electrons. The molecule has 2 rings (SSSR count). The van der Waals surface area contributed by atoms with Crippen molar-refractivity contribution in [2.75, 3.05) is 13.6 Å². The van der Waals surface area contributed by atoms with E-state index in [4.69, 9.17) is 5.10 Å². The summed E-state index contributed by atoms with van der Waals surface area (Å²) in [6.07, 6.45) is 1.23. The molecule has 1 aromatic rings. The van der Waals surface area contributed by atoms with Gasteiger partial charge in [-0.25, -0.2) is 0 Å². The van der Waals surface area contributed by atoms with Crippen LogP contribution in [0.2, 0.25) is 0 Å². The number of hydrogen-bond donors (Lipinski definition) is 0. The van der Waals surface area contributed by atoms with E-state index in [-0.39, 0.29) is 0 Å². The van der Waals surface area contributed by atoms with E-state index in [0.29, 0.717) is 5.92 Å². The molecule has 0 bridgehead atoms. The quantitative estimate of drug-likeness (QED) is 0.782. The third kappa shape index (κ3) is 2.14. The van der Waals surface area contributed by atoms with Crippen molar-refractivity contribution < 1.29 is 0 Å². The van der Waals surface area contributed by atoms with Crippen LogP contribution < -0.4 is 0 Å². The first-order chi connectivity index (χ1) is 7.61. The minimum absolute atomic E-state index is 0.577. The second-order valence-electron chi connectivity index (χ2n) is 5.20. The van der Waals surface area contributed by atoms with Gasteiger partial charge in [0.2, 0.25) is 0 Å². The summed E-state index contributed by atoms with van der Waals surface area (Å²) in [5.74, 6) is 1.29. The zero-order chi connectivity index (χ0) is 11.7. The van der Waals surface area contributed by atoms with Crippen LogP contribution in [0.1, 0.15) is 44.5 Å². The van der Waals surface area contributed by atoms with Gasteiger partial charge >= 0.3 is 0 Å². The molecule has 2 unspecified atom stereocenters. The highest BCUT2D eigenvalue weighted by Gasteiger charge is 2.20. The van der Waals surface area contributed by atoms with Gasteiger partial charge < -0.3 is 0 Å². The number of rotatable bonds is 3. The summed E-state index contributed by atoms with van der Waals surface area (Å²) in [7, 11) is 2.17. The maximum atomic E-state index is 4.74. The van der Waals surface area contributed by atoms with Crippen molar-refractivity contribution in [2.24, 2.45) is 5.92 Å². The van der Waals surface area contributed by atoms with Crippen molar-refractivity contribution in [2.45, 2.75) is 46.2 Å². The van der Waals surface area contributed by atoms with E-state index in [1.807, 2.05) is 0 Å². The Hall–Kier alpha value is -0.830. The van der Waals surface area contributed by atoms with Crippen molar-refractivity contribution in [3.05, 3.63) is 17.5 Å². The summed E-state index contributed by atoms with van der Waals surface area (Å²) in [6.45, 7) is 10.1. The largest absolute Gasteiger partial charge is 0.299 e. The molecule has 0 aliphatic carbocycles. The molecule has 0 saturated heterocycles. The van der Waals surface area contributed by atoms with E-state index in [1.165, 1.54) is 17.8 Å². The molecular formula is C13H23N3. The molecule has 3 nitrogen and oxygen atoms in total. The molecule has 1 aliphatic heterocycles. The molecule has 3 heteroatoms. The van der Waals surface area contributed by atoms with Gasteiger partial charge in [-0.3, -0.25) is 9.58 Å². The van der Waals surface area contributed by atoms with Crippen molar-refractivity contribution in [3.63, 3.8) is 0 Å². The minimum Gasteiger partial charge on any atom is -0.299 e. The van der Waals surface area contributed by atoms with Crippen molar-refractivity contribution >= 4 is 0 Å². The molecule has 90 valence electrons. The van der Waals surface area contributed by atoms with E-state index in [0.717, 1.165) is 25.6 Å². The van der Waals surface area contributed by atoms with E-state index < -0.39 is 0 Å². The Morgan fingerprint density at radius 2 is 2.12 bits per heavy atom. The van der Waals surface area contributed by atoms with Crippen LogP contribution in [0.25, 0.3) is 0 Å². The summed E-state index contributed by atoms with van der Waals surface area (Å²) in [4.78, 5) is 2.36. The number of hydrogen-bond acceptors (Lipinski definition) is 2. The molecule has 0 spiro atoms. The molecule has 0 N–H and O–H groups in total. The topological polar surface area (TPSA) is 21.1 Å². The van der Waals surface area contributed by atoms with Gasteiger partial charge in [-0.05, 0) is 19.0 Å². The van der Waals surface area contributed by atoms with Crippen molar-refractivity contribution in [3.8, 4) is 0 Å². The Balaban J connectivity index is 2.18. The Kier molecular flexibility index (Phi) is 3.33. The first kappa shape index (κ1) is 11.6. The summed E-state index contributed by atoms with van der Waals surface area (Å²) in [6, 6.07) is 2.30. The number of aromatic nitrogens is 2. The molecule has 1 aromatic heterocycles.